The Morgan fingerprint density at radius 2 is 2.28 bits per heavy atom. The van der Waals surface area contributed by atoms with E-state index in [0.29, 0.717) is 5.56 Å². The lowest BCUT2D eigenvalue weighted by atomic mass is 10.0. The first-order chi connectivity index (χ1) is 8.79. The number of nitrogens with zero attached hydrogens (tertiary/aromatic N) is 1. The predicted octanol–water partition coefficient (Wildman–Crippen LogP) is 2.42. The lowest BCUT2D eigenvalue weighted by Crippen LogP contribution is -2.19. The molecule has 98 valence electrons. The molecule has 1 aromatic heterocycles. The average molecular weight is 266 g/mol. The molecule has 1 aromatic rings. The van der Waals surface area contributed by atoms with Crippen molar-refractivity contribution < 1.29 is 9.53 Å². The van der Waals surface area contributed by atoms with Gasteiger partial charge in [0.15, 0.2) is 0 Å². The van der Waals surface area contributed by atoms with Crippen LogP contribution >= 0.6 is 11.8 Å². The van der Waals surface area contributed by atoms with E-state index in [2.05, 4.69) is 15.0 Å². The standard InChI is InChI=1S/C13H18N2O2S/c1-17-13(16)11-2-3-12(15-9-11)14-8-10-4-6-18-7-5-10/h2-3,9-10H,4-8H2,1H3,(H,14,15). The number of esters is 1. The molecule has 0 radical (unpaired) electrons. The summed E-state index contributed by atoms with van der Waals surface area (Å²) >= 11 is 2.03. The summed E-state index contributed by atoms with van der Waals surface area (Å²) < 4.78 is 4.63. The molecular formula is C13H18N2O2S. The molecule has 5 heteroatoms. The number of carbonyl (C=O) groups is 1. The van der Waals surface area contributed by atoms with E-state index >= 15 is 0 Å². The summed E-state index contributed by atoms with van der Waals surface area (Å²) in [6, 6.07) is 3.56. The Kier molecular flexibility index (Phi) is 4.87. The fourth-order valence-corrected chi connectivity index (χ4v) is 3.14. The zero-order chi connectivity index (χ0) is 12.8. The van der Waals surface area contributed by atoms with Crippen LogP contribution in [0, 0.1) is 5.92 Å². The Morgan fingerprint density at radius 3 is 2.89 bits per heavy atom. The van der Waals surface area contributed by atoms with Crippen molar-refractivity contribution in [3.05, 3.63) is 23.9 Å². The molecule has 1 N–H and O–H groups in total. The van der Waals surface area contributed by atoms with Crippen molar-refractivity contribution in [2.45, 2.75) is 12.8 Å². The van der Waals surface area contributed by atoms with Gasteiger partial charge >= 0.3 is 5.97 Å². The van der Waals surface area contributed by atoms with Gasteiger partial charge in [0.25, 0.3) is 0 Å². The van der Waals surface area contributed by atoms with E-state index in [1.165, 1.54) is 31.5 Å². The minimum Gasteiger partial charge on any atom is -0.465 e. The molecule has 1 aliphatic heterocycles. The van der Waals surface area contributed by atoms with Gasteiger partial charge in [0.05, 0.1) is 12.7 Å². The van der Waals surface area contributed by atoms with Crippen molar-refractivity contribution in [2.75, 3.05) is 30.5 Å². The number of nitrogens with one attached hydrogen (secondary N) is 1. The first-order valence-electron chi connectivity index (χ1n) is 6.15. The Bertz CT molecular complexity index is 388. The van der Waals surface area contributed by atoms with Gasteiger partial charge in [0.1, 0.15) is 5.82 Å². The van der Waals surface area contributed by atoms with Gasteiger partial charge in [-0.25, -0.2) is 9.78 Å². The van der Waals surface area contributed by atoms with Crippen LogP contribution in [0.4, 0.5) is 5.82 Å². The zero-order valence-corrected chi connectivity index (χ0v) is 11.3. The highest BCUT2D eigenvalue weighted by Gasteiger charge is 2.13. The van der Waals surface area contributed by atoms with Crippen LogP contribution in [0.3, 0.4) is 0 Å². The maximum atomic E-state index is 11.2. The third-order valence-corrected chi connectivity index (χ3v) is 4.15. The molecule has 0 unspecified atom stereocenters. The fraction of sp³-hybridized carbons (Fsp3) is 0.538. The number of rotatable bonds is 4. The van der Waals surface area contributed by atoms with Crippen molar-refractivity contribution in [2.24, 2.45) is 5.92 Å². The van der Waals surface area contributed by atoms with Gasteiger partial charge in [-0.15, -0.1) is 0 Å². The van der Waals surface area contributed by atoms with Crippen molar-refractivity contribution >= 4 is 23.5 Å². The average Bonchev–Trinajstić information content (AvgIpc) is 2.46. The maximum Gasteiger partial charge on any atom is 0.339 e. The van der Waals surface area contributed by atoms with E-state index in [1.54, 1.807) is 12.3 Å². The zero-order valence-electron chi connectivity index (χ0n) is 10.5. The molecule has 0 atom stereocenters. The Morgan fingerprint density at radius 1 is 1.50 bits per heavy atom. The number of thioether (sulfide) groups is 1. The van der Waals surface area contributed by atoms with Crippen molar-refractivity contribution in [1.82, 2.24) is 4.98 Å². The van der Waals surface area contributed by atoms with E-state index in [1.807, 2.05) is 17.8 Å². The highest BCUT2D eigenvalue weighted by molar-refractivity contribution is 7.99. The topological polar surface area (TPSA) is 51.2 Å². The Labute approximate surface area is 112 Å². The van der Waals surface area contributed by atoms with E-state index in [0.717, 1.165) is 18.3 Å². The van der Waals surface area contributed by atoms with Gasteiger partial charge in [-0.05, 0) is 42.4 Å². The number of methoxy groups -OCH3 is 1. The molecule has 1 fully saturated rings. The number of anilines is 1. The second kappa shape index (κ2) is 6.64. The summed E-state index contributed by atoms with van der Waals surface area (Å²) in [5, 5.41) is 3.33. The predicted molar refractivity (Wildman–Crippen MR) is 74.1 cm³/mol. The number of aromatic nitrogens is 1. The van der Waals surface area contributed by atoms with Crippen LogP contribution in [0.2, 0.25) is 0 Å². The molecule has 18 heavy (non-hydrogen) atoms. The largest absolute Gasteiger partial charge is 0.465 e. The van der Waals surface area contributed by atoms with E-state index in [4.69, 9.17) is 0 Å². The minimum absolute atomic E-state index is 0.349. The summed E-state index contributed by atoms with van der Waals surface area (Å²) in [7, 11) is 1.37. The van der Waals surface area contributed by atoms with Crippen molar-refractivity contribution in [3.63, 3.8) is 0 Å². The lowest BCUT2D eigenvalue weighted by Gasteiger charge is -2.21. The molecule has 0 bridgehead atoms. The van der Waals surface area contributed by atoms with Gasteiger partial charge < -0.3 is 10.1 Å². The van der Waals surface area contributed by atoms with E-state index < -0.39 is 0 Å². The molecule has 0 aliphatic carbocycles. The monoisotopic (exact) mass is 266 g/mol. The molecular weight excluding hydrogens is 248 g/mol. The number of hydrogen-bond donors (Lipinski definition) is 1. The van der Waals surface area contributed by atoms with E-state index in [9.17, 15) is 4.79 Å². The van der Waals surface area contributed by atoms with Crippen LogP contribution in [0.25, 0.3) is 0 Å². The molecule has 2 heterocycles. The molecule has 1 saturated heterocycles. The summed E-state index contributed by atoms with van der Waals surface area (Å²) in [5.74, 6) is 3.75. The van der Waals surface area contributed by atoms with Crippen molar-refractivity contribution in [3.8, 4) is 0 Å². The molecule has 0 amide bonds. The minimum atomic E-state index is -0.349. The summed E-state index contributed by atoms with van der Waals surface area (Å²) in [4.78, 5) is 15.5. The first kappa shape index (κ1) is 13.2. The van der Waals surface area contributed by atoms with Gasteiger partial charge in [-0.1, -0.05) is 0 Å². The molecule has 2 rings (SSSR count). The quantitative estimate of drug-likeness (QED) is 0.848. The van der Waals surface area contributed by atoms with E-state index in [-0.39, 0.29) is 5.97 Å². The van der Waals surface area contributed by atoms with Crippen LogP contribution in [0.1, 0.15) is 23.2 Å². The Balaban J connectivity index is 1.84. The second-order valence-electron chi connectivity index (χ2n) is 4.36. The lowest BCUT2D eigenvalue weighted by molar-refractivity contribution is 0.0600. The number of ether oxygens (including phenoxy) is 1. The molecule has 0 saturated carbocycles. The Hall–Kier alpha value is -1.23. The molecule has 0 aromatic carbocycles. The van der Waals surface area contributed by atoms with Gasteiger partial charge in [-0.2, -0.15) is 11.8 Å². The van der Waals surface area contributed by atoms with Crippen LogP contribution in [-0.4, -0.2) is 36.1 Å². The van der Waals surface area contributed by atoms with Gasteiger partial charge in [0.2, 0.25) is 0 Å². The van der Waals surface area contributed by atoms with Crippen LogP contribution in [0.15, 0.2) is 18.3 Å². The summed E-state index contributed by atoms with van der Waals surface area (Å²) in [6.45, 7) is 0.963. The summed E-state index contributed by atoms with van der Waals surface area (Å²) in [6.07, 6.45) is 4.10. The number of carbonyl (C=O) groups excluding carboxylic acids is 1. The summed E-state index contributed by atoms with van der Waals surface area (Å²) in [5.41, 5.74) is 0.483. The maximum absolute atomic E-state index is 11.2. The molecule has 1 aliphatic rings. The number of hydrogen-bond acceptors (Lipinski definition) is 5. The van der Waals surface area contributed by atoms with Crippen molar-refractivity contribution in [1.29, 1.82) is 0 Å². The van der Waals surface area contributed by atoms with Crippen LogP contribution in [0.5, 0.6) is 0 Å². The molecule has 0 spiro atoms. The SMILES string of the molecule is COC(=O)c1ccc(NCC2CCSCC2)nc1. The fourth-order valence-electron chi connectivity index (χ4n) is 1.94. The first-order valence-corrected chi connectivity index (χ1v) is 7.31. The highest BCUT2D eigenvalue weighted by Crippen LogP contribution is 2.22. The van der Waals surface area contributed by atoms with Crippen LogP contribution in [-0.2, 0) is 4.74 Å². The second-order valence-corrected chi connectivity index (χ2v) is 5.59. The smallest absolute Gasteiger partial charge is 0.339 e. The highest BCUT2D eigenvalue weighted by atomic mass is 32.2. The third kappa shape index (κ3) is 3.63. The van der Waals surface area contributed by atoms with Gasteiger partial charge in [0, 0.05) is 12.7 Å². The number of pyridine rings is 1. The normalized spacial score (nSPS) is 16.3. The van der Waals surface area contributed by atoms with Gasteiger partial charge in [-0.3, -0.25) is 0 Å². The van der Waals surface area contributed by atoms with Crippen LogP contribution < -0.4 is 5.32 Å². The third-order valence-electron chi connectivity index (χ3n) is 3.10. The molecule has 4 nitrogen and oxygen atoms in total.